The first kappa shape index (κ1) is 18.0. The standard InChI is InChI=1S/C29H21N2/c1-2-21(22-11-7-15-28-24(22)17-19-9-3-5-13-26(19)30-28)23-12-8-16-29-25(23)18-20-10-4-6-14-27(20)31-29/h3-18,21H,1-2H2. The van der Waals surface area contributed by atoms with Crippen molar-refractivity contribution < 1.29 is 0 Å². The maximum Gasteiger partial charge on any atom is 0.0712 e. The Hall–Kier alpha value is -3.78. The van der Waals surface area contributed by atoms with Crippen LogP contribution < -0.4 is 0 Å². The van der Waals surface area contributed by atoms with Gasteiger partial charge in [-0.3, -0.25) is 0 Å². The van der Waals surface area contributed by atoms with Crippen LogP contribution in [0.1, 0.15) is 23.5 Å². The van der Waals surface area contributed by atoms with Crippen molar-refractivity contribution in [2.24, 2.45) is 0 Å². The molecular formula is C29H21N2. The molecule has 0 aliphatic rings. The molecule has 0 atom stereocenters. The van der Waals surface area contributed by atoms with E-state index in [-0.39, 0.29) is 5.92 Å². The van der Waals surface area contributed by atoms with E-state index in [0.29, 0.717) is 0 Å². The number of fused-ring (bicyclic) bond motifs is 4. The molecule has 0 saturated carbocycles. The topological polar surface area (TPSA) is 25.8 Å². The SMILES string of the molecule is [CH2]CC(c1cccc2nc3ccccc3cc12)c1cccc2nc3ccccc3cc12. The van der Waals surface area contributed by atoms with E-state index in [0.717, 1.165) is 39.3 Å². The molecule has 0 N–H and O–H groups in total. The minimum absolute atomic E-state index is 0.165. The van der Waals surface area contributed by atoms with Crippen LogP contribution in [0.25, 0.3) is 43.6 Å². The van der Waals surface area contributed by atoms with Crippen LogP contribution in [0.2, 0.25) is 0 Å². The Kier molecular flexibility index (Phi) is 4.17. The third-order valence-corrected chi connectivity index (χ3v) is 6.23. The van der Waals surface area contributed by atoms with Gasteiger partial charge in [-0.15, -0.1) is 0 Å². The summed E-state index contributed by atoms with van der Waals surface area (Å²) >= 11 is 0. The Balaban J connectivity index is 1.62. The van der Waals surface area contributed by atoms with Gasteiger partial charge in [0, 0.05) is 27.5 Å². The number of nitrogens with zero attached hydrogens (tertiary/aromatic N) is 2. The van der Waals surface area contributed by atoms with Crippen LogP contribution in [-0.2, 0) is 0 Å². The predicted molar refractivity (Wildman–Crippen MR) is 130 cm³/mol. The van der Waals surface area contributed by atoms with Gasteiger partial charge in [-0.05, 0) is 53.9 Å². The highest BCUT2D eigenvalue weighted by Crippen LogP contribution is 2.37. The first-order chi connectivity index (χ1) is 15.3. The molecule has 0 unspecified atom stereocenters. The zero-order valence-corrected chi connectivity index (χ0v) is 17.1. The van der Waals surface area contributed by atoms with Crippen LogP contribution >= 0.6 is 0 Å². The number of benzene rings is 4. The predicted octanol–water partition coefficient (Wildman–Crippen LogP) is 7.45. The molecule has 0 fully saturated rings. The summed E-state index contributed by atoms with van der Waals surface area (Å²) < 4.78 is 0. The molecule has 0 aliphatic heterocycles. The maximum atomic E-state index is 4.92. The highest BCUT2D eigenvalue weighted by atomic mass is 14.7. The lowest BCUT2D eigenvalue weighted by Gasteiger charge is -2.20. The molecule has 2 heteroatoms. The van der Waals surface area contributed by atoms with Crippen molar-refractivity contribution in [3.8, 4) is 0 Å². The normalized spacial score (nSPS) is 11.8. The lowest BCUT2D eigenvalue weighted by Crippen LogP contribution is -2.03. The summed E-state index contributed by atoms with van der Waals surface area (Å²) in [4.78, 5) is 9.84. The van der Waals surface area contributed by atoms with Crippen LogP contribution in [0, 0.1) is 6.92 Å². The minimum atomic E-state index is 0.165. The largest absolute Gasteiger partial charge is 0.248 e. The molecule has 0 aliphatic carbocycles. The van der Waals surface area contributed by atoms with Gasteiger partial charge in [0.15, 0.2) is 0 Å². The fourth-order valence-corrected chi connectivity index (χ4v) is 4.73. The highest BCUT2D eigenvalue weighted by Gasteiger charge is 2.19. The summed E-state index contributed by atoms with van der Waals surface area (Å²) in [6, 6.07) is 34.0. The number of para-hydroxylation sites is 2. The summed E-state index contributed by atoms with van der Waals surface area (Å²) in [6.45, 7) is 4.34. The van der Waals surface area contributed by atoms with Gasteiger partial charge in [0.1, 0.15) is 0 Å². The molecule has 0 amide bonds. The summed E-state index contributed by atoms with van der Waals surface area (Å²) in [5, 5.41) is 4.72. The first-order valence-corrected chi connectivity index (χ1v) is 10.7. The Morgan fingerprint density at radius 3 is 1.48 bits per heavy atom. The van der Waals surface area contributed by atoms with Crippen molar-refractivity contribution in [1.29, 1.82) is 0 Å². The van der Waals surface area contributed by atoms with E-state index in [9.17, 15) is 0 Å². The van der Waals surface area contributed by atoms with Crippen LogP contribution in [0.4, 0.5) is 0 Å². The van der Waals surface area contributed by atoms with Crippen LogP contribution in [-0.4, -0.2) is 9.97 Å². The molecule has 0 spiro atoms. The average Bonchev–Trinajstić information content (AvgIpc) is 2.82. The van der Waals surface area contributed by atoms with Gasteiger partial charge in [-0.25, -0.2) is 9.97 Å². The van der Waals surface area contributed by atoms with Gasteiger partial charge in [0.2, 0.25) is 0 Å². The molecule has 0 saturated heterocycles. The monoisotopic (exact) mass is 397 g/mol. The van der Waals surface area contributed by atoms with Crippen molar-refractivity contribution in [1.82, 2.24) is 9.97 Å². The van der Waals surface area contributed by atoms with Crippen molar-refractivity contribution in [3.05, 3.63) is 115 Å². The van der Waals surface area contributed by atoms with Gasteiger partial charge >= 0.3 is 0 Å². The van der Waals surface area contributed by atoms with Gasteiger partial charge in [0.25, 0.3) is 0 Å². The lowest BCUT2D eigenvalue weighted by atomic mass is 9.84. The molecule has 6 aromatic rings. The Bertz CT molecular complexity index is 1460. The number of rotatable bonds is 3. The molecule has 2 aromatic heterocycles. The molecule has 0 bridgehead atoms. The molecule has 4 aromatic carbocycles. The second-order valence-corrected chi connectivity index (χ2v) is 8.03. The van der Waals surface area contributed by atoms with E-state index >= 15 is 0 Å². The number of hydrogen-bond acceptors (Lipinski definition) is 2. The zero-order chi connectivity index (χ0) is 20.8. The second-order valence-electron chi connectivity index (χ2n) is 8.03. The Morgan fingerprint density at radius 2 is 1.00 bits per heavy atom. The number of pyridine rings is 2. The number of hydrogen-bond donors (Lipinski definition) is 0. The van der Waals surface area contributed by atoms with Crippen LogP contribution in [0.5, 0.6) is 0 Å². The van der Waals surface area contributed by atoms with Crippen LogP contribution in [0.3, 0.4) is 0 Å². The van der Waals surface area contributed by atoms with Gasteiger partial charge in [0.05, 0.1) is 22.1 Å². The fraction of sp³-hybridized carbons (Fsp3) is 0.0690. The molecule has 1 radical (unpaired) electrons. The molecule has 147 valence electrons. The van der Waals surface area contributed by atoms with Crippen molar-refractivity contribution in [3.63, 3.8) is 0 Å². The van der Waals surface area contributed by atoms with E-state index in [1.54, 1.807) is 0 Å². The van der Waals surface area contributed by atoms with Crippen LogP contribution in [0.15, 0.2) is 97.1 Å². The van der Waals surface area contributed by atoms with E-state index in [1.165, 1.54) is 21.9 Å². The van der Waals surface area contributed by atoms with Gasteiger partial charge in [-0.1, -0.05) is 67.6 Å². The Labute approximate surface area is 181 Å². The zero-order valence-electron chi connectivity index (χ0n) is 17.1. The van der Waals surface area contributed by atoms with E-state index in [4.69, 9.17) is 9.97 Å². The first-order valence-electron chi connectivity index (χ1n) is 10.7. The Morgan fingerprint density at radius 1 is 0.548 bits per heavy atom. The van der Waals surface area contributed by atoms with E-state index in [2.05, 4.69) is 91.9 Å². The summed E-state index contributed by atoms with van der Waals surface area (Å²) in [7, 11) is 0. The summed E-state index contributed by atoms with van der Waals surface area (Å²) in [6.07, 6.45) is 0.762. The fourth-order valence-electron chi connectivity index (χ4n) is 4.73. The van der Waals surface area contributed by atoms with Crippen molar-refractivity contribution >= 4 is 43.6 Å². The quantitative estimate of drug-likeness (QED) is 0.290. The van der Waals surface area contributed by atoms with E-state index < -0.39 is 0 Å². The van der Waals surface area contributed by atoms with Gasteiger partial charge in [-0.2, -0.15) is 0 Å². The smallest absolute Gasteiger partial charge is 0.0712 e. The maximum absolute atomic E-state index is 4.92. The van der Waals surface area contributed by atoms with E-state index in [1.807, 2.05) is 12.1 Å². The number of aromatic nitrogens is 2. The molecular weight excluding hydrogens is 376 g/mol. The van der Waals surface area contributed by atoms with Gasteiger partial charge < -0.3 is 0 Å². The van der Waals surface area contributed by atoms with Crippen molar-refractivity contribution in [2.45, 2.75) is 12.3 Å². The lowest BCUT2D eigenvalue weighted by molar-refractivity contribution is 0.842. The third-order valence-electron chi connectivity index (χ3n) is 6.23. The third kappa shape index (κ3) is 2.95. The summed E-state index contributed by atoms with van der Waals surface area (Å²) in [5.74, 6) is 0.165. The molecule has 31 heavy (non-hydrogen) atoms. The molecule has 2 nitrogen and oxygen atoms in total. The van der Waals surface area contributed by atoms with Crippen molar-refractivity contribution in [2.75, 3.05) is 0 Å². The molecule has 6 rings (SSSR count). The minimum Gasteiger partial charge on any atom is -0.248 e. The average molecular weight is 398 g/mol. The summed E-state index contributed by atoms with van der Waals surface area (Å²) in [5.41, 5.74) is 6.65. The highest BCUT2D eigenvalue weighted by molar-refractivity contribution is 5.97. The molecule has 2 heterocycles. The second kappa shape index (κ2) is 7.17.